The third-order valence-corrected chi connectivity index (χ3v) is 3.02. The molecule has 3 nitrogen and oxygen atoms in total. The average Bonchev–Trinajstić information content (AvgIpc) is 2.32. The maximum atomic E-state index is 11.4. The van der Waals surface area contributed by atoms with Gasteiger partial charge < -0.3 is 0 Å². The van der Waals surface area contributed by atoms with Gasteiger partial charge in [0.05, 0.1) is 0 Å². The van der Waals surface area contributed by atoms with E-state index in [4.69, 9.17) is 5.84 Å². The van der Waals surface area contributed by atoms with Gasteiger partial charge in [0.25, 0.3) is 0 Å². The van der Waals surface area contributed by atoms with Gasteiger partial charge >= 0.3 is 0 Å². The Morgan fingerprint density at radius 1 is 1.13 bits per heavy atom. The zero-order valence-corrected chi connectivity index (χ0v) is 9.37. The van der Waals surface area contributed by atoms with Crippen molar-refractivity contribution in [2.24, 2.45) is 11.8 Å². The Hall–Kier alpha value is -0.830. The van der Waals surface area contributed by atoms with E-state index in [2.05, 4.69) is 17.6 Å². The van der Waals surface area contributed by atoms with E-state index in [-0.39, 0.29) is 11.8 Å². The van der Waals surface area contributed by atoms with Gasteiger partial charge in [0, 0.05) is 5.92 Å². The Morgan fingerprint density at radius 3 is 2.67 bits per heavy atom. The van der Waals surface area contributed by atoms with Gasteiger partial charge in [0.15, 0.2) is 0 Å². The second-order valence-corrected chi connectivity index (χ2v) is 4.26. The van der Waals surface area contributed by atoms with Crippen LogP contribution >= 0.6 is 0 Å². The number of allylic oxidation sites excluding steroid dienone is 2. The smallest absolute Gasteiger partial charge is 0.237 e. The van der Waals surface area contributed by atoms with Gasteiger partial charge in [-0.15, -0.1) is 0 Å². The monoisotopic (exact) mass is 210 g/mol. The number of hydrogen-bond donors (Lipinski definition) is 2. The number of nitrogens with one attached hydrogen (secondary N) is 1. The predicted octanol–water partition coefficient (Wildman–Crippen LogP) is 2.28. The van der Waals surface area contributed by atoms with E-state index < -0.39 is 0 Å². The minimum atomic E-state index is -0.0149. The van der Waals surface area contributed by atoms with Gasteiger partial charge in [-0.2, -0.15) is 0 Å². The first-order valence-electron chi connectivity index (χ1n) is 6.00. The Morgan fingerprint density at radius 2 is 1.87 bits per heavy atom. The van der Waals surface area contributed by atoms with Crippen LogP contribution in [0, 0.1) is 5.92 Å². The lowest BCUT2D eigenvalue weighted by atomic mass is 9.97. The van der Waals surface area contributed by atoms with Crippen LogP contribution in [0.2, 0.25) is 0 Å². The molecule has 0 aromatic rings. The van der Waals surface area contributed by atoms with Gasteiger partial charge in [-0.1, -0.05) is 37.8 Å². The molecular formula is C12H22N2O. The summed E-state index contributed by atoms with van der Waals surface area (Å²) in [5.41, 5.74) is 2.26. The van der Waals surface area contributed by atoms with Crippen LogP contribution in [0.15, 0.2) is 12.2 Å². The number of rotatable bonds is 1. The third-order valence-electron chi connectivity index (χ3n) is 3.02. The SMILES string of the molecule is NNC(=O)C1C/C=C\CCCCCCC1. The van der Waals surface area contributed by atoms with Gasteiger partial charge in [-0.25, -0.2) is 5.84 Å². The van der Waals surface area contributed by atoms with E-state index in [0.29, 0.717) is 0 Å². The fourth-order valence-electron chi connectivity index (χ4n) is 2.04. The lowest BCUT2D eigenvalue weighted by Gasteiger charge is -2.12. The fraction of sp³-hybridized carbons (Fsp3) is 0.750. The number of amides is 1. The average molecular weight is 210 g/mol. The number of carbonyl (C=O) groups is 1. The Bertz CT molecular complexity index is 214. The molecule has 0 aromatic heterocycles. The molecule has 0 aliphatic heterocycles. The highest BCUT2D eigenvalue weighted by molar-refractivity contribution is 5.78. The number of nitrogens with two attached hydrogens (primary N) is 1. The van der Waals surface area contributed by atoms with E-state index >= 15 is 0 Å². The lowest BCUT2D eigenvalue weighted by Crippen LogP contribution is -2.35. The van der Waals surface area contributed by atoms with Crippen molar-refractivity contribution in [2.45, 2.75) is 51.4 Å². The fourth-order valence-corrected chi connectivity index (χ4v) is 2.04. The molecule has 0 saturated heterocycles. The summed E-state index contributed by atoms with van der Waals surface area (Å²) in [5, 5.41) is 0. The van der Waals surface area contributed by atoms with Crippen molar-refractivity contribution in [1.82, 2.24) is 5.43 Å². The highest BCUT2D eigenvalue weighted by Crippen LogP contribution is 2.17. The summed E-state index contributed by atoms with van der Waals surface area (Å²) < 4.78 is 0. The summed E-state index contributed by atoms with van der Waals surface area (Å²) in [6.07, 6.45) is 13.6. The molecule has 0 heterocycles. The largest absolute Gasteiger partial charge is 0.294 e. The van der Waals surface area contributed by atoms with E-state index in [1.807, 2.05) is 0 Å². The number of carbonyl (C=O) groups excluding carboxylic acids is 1. The second kappa shape index (κ2) is 7.46. The topological polar surface area (TPSA) is 55.1 Å². The first kappa shape index (κ1) is 12.2. The molecule has 0 aromatic carbocycles. The van der Waals surface area contributed by atoms with Gasteiger partial charge in [-0.3, -0.25) is 10.2 Å². The zero-order chi connectivity index (χ0) is 10.9. The molecule has 3 heteroatoms. The van der Waals surface area contributed by atoms with E-state index in [1.54, 1.807) is 0 Å². The summed E-state index contributed by atoms with van der Waals surface area (Å²) in [7, 11) is 0. The normalized spacial score (nSPS) is 26.3. The van der Waals surface area contributed by atoms with Crippen LogP contribution < -0.4 is 11.3 Å². The molecule has 3 N–H and O–H groups in total. The first-order chi connectivity index (χ1) is 7.34. The summed E-state index contributed by atoms with van der Waals surface area (Å²) in [4.78, 5) is 11.4. The third kappa shape index (κ3) is 4.98. The maximum Gasteiger partial charge on any atom is 0.237 e. The lowest BCUT2D eigenvalue weighted by molar-refractivity contribution is -0.125. The van der Waals surface area contributed by atoms with Gasteiger partial charge in [0.2, 0.25) is 5.91 Å². The van der Waals surface area contributed by atoms with Crippen LogP contribution in [0.25, 0.3) is 0 Å². The van der Waals surface area contributed by atoms with E-state index in [1.165, 1.54) is 25.7 Å². The van der Waals surface area contributed by atoms with Crippen molar-refractivity contribution in [3.63, 3.8) is 0 Å². The molecule has 1 aliphatic carbocycles. The molecule has 1 aliphatic rings. The van der Waals surface area contributed by atoms with Crippen molar-refractivity contribution in [3.8, 4) is 0 Å². The van der Waals surface area contributed by atoms with Crippen LogP contribution in [0.4, 0.5) is 0 Å². The summed E-state index contributed by atoms with van der Waals surface area (Å²) in [6, 6.07) is 0. The summed E-state index contributed by atoms with van der Waals surface area (Å²) in [5.74, 6) is 5.23. The molecule has 1 amide bonds. The molecule has 0 bridgehead atoms. The molecule has 0 fully saturated rings. The highest BCUT2D eigenvalue weighted by Gasteiger charge is 2.15. The van der Waals surface area contributed by atoms with Crippen LogP contribution in [0.1, 0.15) is 51.4 Å². The molecule has 1 rings (SSSR count). The Kier molecular flexibility index (Phi) is 6.09. The molecule has 0 radical (unpaired) electrons. The van der Waals surface area contributed by atoms with Gasteiger partial charge in [0.1, 0.15) is 0 Å². The van der Waals surface area contributed by atoms with Crippen molar-refractivity contribution in [2.75, 3.05) is 0 Å². The molecule has 0 spiro atoms. The molecule has 1 unspecified atom stereocenters. The Labute approximate surface area is 92.1 Å². The standard InChI is InChI=1S/C12H22N2O/c13-14-12(15)11-9-7-5-3-1-2-4-6-8-10-11/h5,7,11H,1-4,6,8-10,13H2,(H,14,15)/b7-5-. The van der Waals surface area contributed by atoms with E-state index in [9.17, 15) is 4.79 Å². The summed E-state index contributed by atoms with van der Waals surface area (Å²) in [6.45, 7) is 0. The minimum Gasteiger partial charge on any atom is -0.294 e. The van der Waals surface area contributed by atoms with Crippen molar-refractivity contribution < 1.29 is 4.79 Å². The molecule has 1 atom stereocenters. The zero-order valence-electron chi connectivity index (χ0n) is 9.37. The predicted molar refractivity (Wildman–Crippen MR) is 61.9 cm³/mol. The first-order valence-corrected chi connectivity index (χ1v) is 6.00. The molecule has 0 saturated carbocycles. The van der Waals surface area contributed by atoms with Crippen LogP contribution in [-0.4, -0.2) is 5.91 Å². The van der Waals surface area contributed by atoms with Crippen molar-refractivity contribution in [1.29, 1.82) is 0 Å². The highest BCUT2D eigenvalue weighted by atomic mass is 16.2. The molecule has 86 valence electrons. The number of hydrogen-bond acceptors (Lipinski definition) is 2. The quantitative estimate of drug-likeness (QED) is 0.302. The second-order valence-electron chi connectivity index (χ2n) is 4.26. The minimum absolute atomic E-state index is 0.0149. The van der Waals surface area contributed by atoms with Gasteiger partial charge in [-0.05, 0) is 25.7 Å². The van der Waals surface area contributed by atoms with Crippen LogP contribution in [0.3, 0.4) is 0 Å². The molecular weight excluding hydrogens is 188 g/mol. The van der Waals surface area contributed by atoms with Crippen molar-refractivity contribution >= 4 is 5.91 Å². The maximum absolute atomic E-state index is 11.4. The number of hydrazine groups is 1. The van der Waals surface area contributed by atoms with Crippen LogP contribution in [-0.2, 0) is 4.79 Å². The van der Waals surface area contributed by atoms with E-state index in [0.717, 1.165) is 25.7 Å². The van der Waals surface area contributed by atoms with Crippen molar-refractivity contribution in [3.05, 3.63) is 12.2 Å². The Balaban J connectivity index is 2.44. The molecule has 15 heavy (non-hydrogen) atoms. The van der Waals surface area contributed by atoms with Crippen LogP contribution in [0.5, 0.6) is 0 Å². The summed E-state index contributed by atoms with van der Waals surface area (Å²) >= 11 is 0.